The van der Waals surface area contributed by atoms with Gasteiger partial charge in [0.15, 0.2) is 0 Å². The number of nitrogens with two attached hydrogens (primary N) is 1. The Morgan fingerprint density at radius 1 is 1.42 bits per heavy atom. The minimum atomic E-state index is -2.79. The summed E-state index contributed by atoms with van der Waals surface area (Å²) < 4.78 is 39.2. The van der Waals surface area contributed by atoms with Crippen molar-refractivity contribution in [3.05, 3.63) is 12.3 Å². The maximum atomic E-state index is 14.3. The molecule has 0 spiro atoms. The fraction of sp³-hybridized carbons (Fsp3) is 0.733. The smallest absolute Gasteiger partial charge is 0.265 e. The number of hydrogen-bond donors (Lipinski definition) is 2. The van der Waals surface area contributed by atoms with E-state index in [2.05, 4.69) is 15.3 Å². The van der Waals surface area contributed by atoms with Crippen molar-refractivity contribution in [3.8, 4) is 0 Å². The first-order chi connectivity index (χ1) is 11.5. The summed E-state index contributed by atoms with van der Waals surface area (Å²) in [4.78, 5) is 10.0. The molecule has 2 saturated heterocycles. The molecule has 3 rings (SSSR count). The van der Waals surface area contributed by atoms with Gasteiger partial charge in [-0.25, -0.2) is 13.8 Å². The molecule has 1 unspecified atom stereocenters. The second kappa shape index (κ2) is 7.12. The fourth-order valence-corrected chi connectivity index (χ4v) is 3.26. The predicted molar refractivity (Wildman–Crippen MR) is 85.2 cm³/mol. The van der Waals surface area contributed by atoms with Crippen molar-refractivity contribution in [2.24, 2.45) is 0 Å². The molecule has 3 heterocycles. The average Bonchev–Trinajstić information content (AvgIpc) is 2.88. The topological polar surface area (TPSA) is 85.5 Å². The highest BCUT2D eigenvalue weighted by Crippen LogP contribution is 2.29. The molecule has 9 heteroatoms. The van der Waals surface area contributed by atoms with Crippen LogP contribution in [0.15, 0.2) is 12.3 Å². The molecule has 0 aliphatic carbocycles. The number of halogens is 2. The number of nitrogen functional groups attached to an aromatic ring is 1. The van der Waals surface area contributed by atoms with Gasteiger partial charge in [-0.2, -0.15) is 4.98 Å². The highest BCUT2D eigenvalue weighted by molar-refractivity contribution is 5.43. The number of alkyl halides is 2. The molecule has 3 N–H and O–H groups in total. The van der Waals surface area contributed by atoms with Gasteiger partial charge in [-0.05, 0) is 12.5 Å². The third kappa shape index (κ3) is 3.73. The summed E-state index contributed by atoms with van der Waals surface area (Å²) in [5.74, 6) is -1.93. The normalized spacial score (nSPS) is 30.3. The molecule has 2 aliphatic rings. The molecular formula is C15H23F2N5O2. The minimum Gasteiger partial charge on any atom is -0.381 e. The van der Waals surface area contributed by atoms with Crippen LogP contribution in [0.3, 0.4) is 0 Å². The number of aromatic nitrogens is 2. The number of nitrogens with zero attached hydrogens (tertiary/aromatic N) is 3. The molecule has 134 valence electrons. The highest BCUT2D eigenvalue weighted by atomic mass is 19.3. The van der Waals surface area contributed by atoms with E-state index in [9.17, 15) is 8.78 Å². The number of rotatable bonds is 4. The van der Waals surface area contributed by atoms with Gasteiger partial charge < -0.3 is 25.4 Å². The Bertz CT molecular complexity index is 562. The first-order valence-corrected chi connectivity index (χ1v) is 8.07. The number of hydrogen-bond acceptors (Lipinski definition) is 7. The average molecular weight is 343 g/mol. The largest absolute Gasteiger partial charge is 0.381 e. The van der Waals surface area contributed by atoms with Gasteiger partial charge in [0, 0.05) is 39.4 Å². The molecule has 0 bridgehead atoms. The lowest BCUT2D eigenvalue weighted by Gasteiger charge is -2.30. The molecule has 2 fully saturated rings. The van der Waals surface area contributed by atoms with Crippen LogP contribution in [0.2, 0.25) is 0 Å². The summed E-state index contributed by atoms with van der Waals surface area (Å²) in [6, 6.07) is 0.609. The van der Waals surface area contributed by atoms with Crippen molar-refractivity contribution < 1.29 is 18.3 Å². The summed E-state index contributed by atoms with van der Waals surface area (Å²) in [6.45, 7) is 1.50. The van der Waals surface area contributed by atoms with E-state index in [4.69, 9.17) is 15.2 Å². The van der Waals surface area contributed by atoms with Gasteiger partial charge >= 0.3 is 0 Å². The van der Waals surface area contributed by atoms with Crippen molar-refractivity contribution >= 4 is 11.8 Å². The Morgan fingerprint density at radius 2 is 2.25 bits per heavy atom. The Morgan fingerprint density at radius 3 is 3.00 bits per heavy atom. The van der Waals surface area contributed by atoms with Crippen LogP contribution < -0.4 is 16.0 Å². The van der Waals surface area contributed by atoms with E-state index in [1.54, 1.807) is 19.4 Å². The van der Waals surface area contributed by atoms with Gasteiger partial charge in [-0.1, -0.05) is 0 Å². The standard InChI is InChI=1S/C15H23F2N5O2/c1-23-11-9-22(13-2-5-19-14(18)21-13)8-10(11)20-12-3-6-24-7-4-15(12,16)17/h2,5,10-12,20H,3-4,6-9H2,1H3,(H2,18,19,21)/t10-,11+,12?/m0/s1. The van der Waals surface area contributed by atoms with Crippen LogP contribution in [0.25, 0.3) is 0 Å². The molecule has 0 radical (unpaired) electrons. The zero-order valence-electron chi connectivity index (χ0n) is 13.6. The van der Waals surface area contributed by atoms with E-state index < -0.39 is 12.0 Å². The zero-order chi connectivity index (χ0) is 17.2. The van der Waals surface area contributed by atoms with E-state index in [0.29, 0.717) is 25.5 Å². The second-order valence-corrected chi connectivity index (χ2v) is 6.19. The third-order valence-electron chi connectivity index (χ3n) is 4.61. The lowest BCUT2D eigenvalue weighted by Crippen LogP contribution is -2.53. The van der Waals surface area contributed by atoms with E-state index in [1.165, 1.54) is 0 Å². The number of nitrogens with one attached hydrogen (secondary N) is 1. The lowest BCUT2D eigenvalue weighted by atomic mass is 10.0. The molecular weight excluding hydrogens is 320 g/mol. The Kier molecular flexibility index (Phi) is 5.12. The predicted octanol–water partition coefficient (Wildman–Crippen LogP) is 0.666. The molecule has 7 nitrogen and oxygen atoms in total. The van der Waals surface area contributed by atoms with Crippen LogP contribution in [-0.4, -0.2) is 67.5 Å². The summed E-state index contributed by atoms with van der Waals surface area (Å²) in [5.41, 5.74) is 5.62. The fourth-order valence-electron chi connectivity index (χ4n) is 3.26. The van der Waals surface area contributed by atoms with Crippen molar-refractivity contribution in [2.75, 3.05) is 44.0 Å². The van der Waals surface area contributed by atoms with Crippen molar-refractivity contribution in [2.45, 2.75) is 37.0 Å². The van der Waals surface area contributed by atoms with Gasteiger partial charge in [0.2, 0.25) is 5.95 Å². The number of anilines is 2. The van der Waals surface area contributed by atoms with Gasteiger partial charge in [-0.15, -0.1) is 0 Å². The van der Waals surface area contributed by atoms with E-state index in [0.717, 1.165) is 0 Å². The summed E-state index contributed by atoms with van der Waals surface area (Å²) in [7, 11) is 1.59. The second-order valence-electron chi connectivity index (χ2n) is 6.19. The van der Waals surface area contributed by atoms with Gasteiger partial charge in [0.05, 0.1) is 24.8 Å². The van der Waals surface area contributed by atoms with Crippen molar-refractivity contribution in [3.63, 3.8) is 0 Å². The van der Waals surface area contributed by atoms with Crippen LogP contribution in [0.1, 0.15) is 12.8 Å². The summed E-state index contributed by atoms with van der Waals surface area (Å²) in [5, 5.41) is 3.09. The minimum absolute atomic E-state index is 0.0931. The van der Waals surface area contributed by atoms with Crippen molar-refractivity contribution in [1.29, 1.82) is 0 Å². The SMILES string of the molecule is CO[C@@H]1CN(c2ccnc(N)n2)C[C@@H]1NC1CCOCCC1(F)F. The first kappa shape index (κ1) is 17.2. The van der Waals surface area contributed by atoms with E-state index in [1.807, 2.05) is 4.90 Å². The summed E-state index contributed by atoms with van der Waals surface area (Å²) >= 11 is 0. The van der Waals surface area contributed by atoms with E-state index in [-0.39, 0.29) is 37.5 Å². The van der Waals surface area contributed by atoms with Crippen LogP contribution >= 0.6 is 0 Å². The third-order valence-corrected chi connectivity index (χ3v) is 4.61. The molecule has 1 aromatic rings. The monoisotopic (exact) mass is 343 g/mol. The number of ether oxygens (including phenoxy) is 2. The van der Waals surface area contributed by atoms with Crippen LogP contribution in [0, 0.1) is 0 Å². The molecule has 0 amide bonds. The zero-order valence-corrected chi connectivity index (χ0v) is 13.6. The van der Waals surface area contributed by atoms with Gasteiger partial charge in [0.1, 0.15) is 5.82 Å². The summed E-state index contributed by atoms with van der Waals surface area (Å²) in [6.07, 6.45) is 1.39. The molecule has 3 atom stereocenters. The van der Waals surface area contributed by atoms with Crippen LogP contribution in [0.4, 0.5) is 20.5 Å². The quantitative estimate of drug-likeness (QED) is 0.831. The molecule has 0 aromatic carbocycles. The van der Waals surface area contributed by atoms with E-state index >= 15 is 0 Å². The molecule has 0 saturated carbocycles. The van der Waals surface area contributed by atoms with Crippen LogP contribution in [0.5, 0.6) is 0 Å². The highest BCUT2D eigenvalue weighted by Gasteiger charge is 2.44. The molecule has 1 aromatic heterocycles. The van der Waals surface area contributed by atoms with Gasteiger partial charge in [0.25, 0.3) is 5.92 Å². The van der Waals surface area contributed by atoms with Crippen LogP contribution in [-0.2, 0) is 9.47 Å². The first-order valence-electron chi connectivity index (χ1n) is 8.07. The molecule has 24 heavy (non-hydrogen) atoms. The maximum Gasteiger partial charge on any atom is 0.265 e. The van der Waals surface area contributed by atoms with Gasteiger partial charge in [-0.3, -0.25) is 0 Å². The Balaban J connectivity index is 1.70. The van der Waals surface area contributed by atoms with Crippen molar-refractivity contribution in [1.82, 2.24) is 15.3 Å². The molecule has 2 aliphatic heterocycles. The Hall–Kier alpha value is -1.58. The number of methoxy groups -OCH3 is 1. The Labute approximate surface area is 139 Å². The lowest BCUT2D eigenvalue weighted by molar-refractivity contribution is -0.0507. The maximum absolute atomic E-state index is 14.3.